The van der Waals surface area contributed by atoms with Crippen molar-refractivity contribution in [2.24, 2.45) is 0 Å². The van der Waals surface area contributed by atoms with Gasteiger partial charge in [0.25, 0.3) is 0 Å². The number of aryl methyl sites for hydroxylation is 2. The van der Waals surface area contributed by atoms with E-state index in [0.29, 0.717) is 6.79 Å². The molecule has 1 aromatic carbocycles. The third-order valence-electron chi connectivity index (χ3n) is 5.20. The number of anilines is 1. The van der Waals surface area contributed by atoms with E-state index in [-0.39, 0.29) is 0 Å². The molecule has 0 saturated carbocycles. The second kappa shape index (κ2) is 6.42. The highest BCUT2D eigenvalue weighted by atomic mass is 16.7. The Morgan fingerprint density at radius 3 is 2.59 bits per heavy atom. The molecule has 7 nitrogen and oxygen atoms in total. The number of aromatic nitrogens is 3. The Morgan fingerprint density at radius 2 is 1.74 bits per heavy atom. The minimum absolute atomic E-state index is 0.324. The maximum Gasteiger partial charge on any atom is 0.231 e. The molecule has 4 heterocycles. The first kappa shape index (κ1) is 16.4. The monoisotopic (exact) mass is 365 g/mol. The van der Waals surface area contributed by atoms with Gasteiger partial charge in [0.2, 0.25) is 6.79 Å². The van der Waals surface area contributed by atoms with E-state index >= 15 is 0 Å². The molecule has 1 saturated heterocycles. The van der Waals surface area contributed by atoms with Crippen molar-refractivity contribution in [3.63, 3.8) is 0 Å². The number of nitrogens with zero attached hydrogens (tertiary/aromatic N) is 5. The van der Waals surface area contributed by atoms with Gasteiger partial charge in [-0.3, -0.25) is 4.90 Å². The molecular formula is C20H23N5O2. The quantitative estimate of drug-likeness (QED) is 0.710. The summed E-state index contributed by atoms with van der Waals surface area (Å²) in [5.74, 6) is 2.83. The second-order valence-electron chi connectivity index (χ2n) is 7.26. The van der Waals surface area contributed by atoms with E-state index < -0.39 is 0 Å². The highest BCUT2D eigenvalue weighted by Gasteiger charge is 2.21. The normalized spacial score (nSPS) is 17.0. The Morgan fingerprint density at radius 1 is 0.926 bits per heavy atom. The zero-order valence-electron chi connectivity index (χ0n) is 15.7. The van der Waals surface area contributed by atoms with Gasteiger partial charge < -0.3 is 14.4 Å². The average Bonchev–Trinajstić information content (AvgIpc) is 3.26. The first-order valence-electron chi connectivity index (χ1n) is 9.35. The number of rotatable bonds is 3. The zero-order chi connectivity index (χ0) is 18.4. The van der Waals surface area contributed by atoms with Gasteiger partial charge in [-0.05, 0) is 31.5 Å². The van der Waals surface area contributed by atoms with Gasteiger partial charge in [-0.25, -0.2) is 4.98 Å². The average molecular weight is 365 g/mol. The minimum atomic E-state index is 0.324. The molecule has 0 unspecified atom stereocenters. The Bertz CT molecular complexity index is 991. The van der Waals surface area contributed by atoms with Crippen molar-refractivity contribution in [1.82, 2.24) is 19.5 Å². The number of hydrogen-bond acceptors (Lipinski definition) is 6. The largest absolute Gasteiger partial charge is 0.454 e. The van der Waals surface area contributed by atoms with Gasteiger partial charge in [-0.15, -0.1) is 0 Å². The van der Waals surface area contributed by atoms with E-state index in [9.17, 15) is 0 Å². The molecule has 3 aromatic rings. The lowest BCUT2D eigenvalue weighted by atomic mass is 10.1. The maximum atomic E-state index is 5.49. The van der Waals surface area contributed by atoms with Crippen LogP contribution in [0, 0.1) is 13.8 Å². The van der Waals surface area contributed by atoms with Crippen molar-refractivity contribution in [3.05, 3.63) is 47.3 Å². The lowest BCUT2D eigenvalue weighted by Crippen LogP contribution is -2.46. The van der Waals surface area contributed by atoms with Crippen molar-refractivity contribution in [1.29, 1.82) is 0 Å². The highest BCUT2D eigenvalue weighted by Crippen LogP contribution is 2.33. The molecule has 7 heteroatoms. The standard InChI is InChI=1S/C20H23N5O2/c1-14-10-20(25-19(21-14)9-15(2)22-25)24-7-5-23(6-8-24)12-16-3-4-17-18(11-16)27-13-26-17/h3-4,9-11H,5-8,12-13H2,1-2H3. The van der Waals surface area contributed by atoms with Crippen LogP contribution in [0.15, 0.2) is 30.3 Å². The van der Waals surface area contributed by atoms with Crippen LogP contribution >= 0.6 is 0 Å². The Hall–Kier alpha value is -2.80. The lowest BCUT2D eigenvalue weighted by molar-refractivity contribution is 0.174. The molecule has 1 fully saturated rings. The summed E-state index contributed by atoms with van der Waals surface area (Å²) in [6.07, 6.45) is 0. The minimum Gasteiger partial charge on any atom is -0.454 e. The van der Waals surface area contributed by atoms with E-state index in [2.05, 4.69) is 38.1 Å². The van der Waals surface area contributed by atoms with Crippen LogP contribution in [0.2, 0.25) is 0 Å². The van der Waals surface area contributed by atoms with E-state index in [1.54, 1.807) is 0 Å². The first-order chi connectivity index (χ1) is 13.2. The fourth-order valence-corrected chi connectivity index (χ4v) is 3.85. The molecule has 2 aliphatic rings. The van der Waals surface area contributed by atoms with Gasteiger partial charge >= 0.3 is 0 Å². The molecule has 0 aliphatic carbocycles. The number of ether oxygens (including phenoxy) is 2. The summed E-state index contributed by atoms with van der Waals surface area (Å²) in [6.45, 7) is 9.28. The van der Waals surface area contributed by atoms with Gasteiger partial charge in [0.05, 0.1) is 5.69 Å². The summed E-state index contributed by atoms with van der Waals surface area (Å²) in [5, 5.41) is 4.62. The Balaban J connectivity index is 1.29. The van der Waals surface area contributed by atoms with Crippen LogP contribution in [-0.2, 0) is 6.54 Å². The predicted octanol–water partition coefficient (Wildman–Crippen LogP) is 2.40. The van der Waals surface area contributed by atoms with E-state index in [1.165, 1.54) is 5.56 Å². The highest BCUT2D eigenvalue weighted by molar-refractivity contribution is 5.52. The van der Waals surface area contributed by atoms with Crippen LogP contribution in [0.3, 0.4) is 0 Å². The van der Waals surface area contributed by atoms with Gasteiger partial charge in [0.15, 0.2) is 17.1 Å². The van der Waals surface area contributed by atoms with Crippen molar-refractivity contribution < 1.29 is 9.47 Å². The summed E-state index contributed by atoms with van der Waals surface area (Å²) >= 11 is 0. The molecule has 0 N–H and O–H groups in total. The topological polar surface area (TPSA) is 55.1 Å². The maximum absolute atomic E-state index is 5.49. The molecule has 2 aromatic heterocycles. The fourth-order valence-electron chi connectivity index (χ4n) is 3.85. The zero-order valence-corrected chi connectivity index (χ0v) is 15.7. The van der Waals surface area contributed by atoms with Crippen LogP contribution in [0.5, 0.6) is 11.5 Å². The van der Waals surface area contributed by atoms with Crippen LogP contribution in [-0.4, -0.2) is 52.5 Å². The second-order valence-corrected chi connectivity index (χ2v) is 7.26. The van der Waals surface area contributed by atoms with Crippen LogP contribution in [0.25, 0.3) is 5.65 Å². The summed E-state index contributed by atoms with van der Waals surface area (Å²) in [7, 11) is 0. The molecule has 5 rings (SSSR count). The smallest absolute Gasteiger partial charge is 0.231 e. The van der Waals surface area contributed by atoms with Gasteiger partial charge in [-0.1, -0.05) is 6.07 Å². The van der Waals surface area contributed by atoms with Crippen molar-refractivity contribution in [3.8, 4) is 11.5 Å². The third-order valence-corrected chi connectivity index (χ3v) is 5.20. The van der Waals surface area contributed by atoms with Crippen molar-refractivity contribution in [2.45, 2.75) is 20.4 Å². The molecule has 0 amide bonds. The molecule has 0 radical (unpaired) electrons. The predicted molar refractivity (Wildman–Crippen MR) is 103 cm³/mol. The third kappa shape index (κ3) is 3.08. The van der Waals surface area contributed by atoms with Crippen molar-refractivity contribution >= 4 is 11.5 Å². The van der Waals surface area contributed by atoms with Crippen LogP contribution in [0.4, 0.5) is 5.82 Å². The van der Waals surface area contributed by atoms with E-state index in [0.717, 1.165) is 67.1 Å². The Kier molecular flexibility index (Phi) is 3.89. The van der Waals surface area contributed by atoms with E-state index in [4.69, 9.17) is 9.47 Å². The summed E-state index contributed by atoms with van der Waals surface area (Å²) in [4.78, 5) is 9.48. The molecule has 0 bridgehead atoms. The summed E-state index contributed by atoms with van der Waals surface area (Å²) in [6, 6.07) is 10.4. The Labute approximate surface area is 158 Å². The summed E-state index contributed by atoms with van der Waals surface area (Å²) < 4.78 is 12.9. The summed E-state index contributed by atoms with van der Waals surface area (Å²) in [5.41, 5.74) is 4.21. The molecule has 0 atom stereocenters. The van der Waals surface area contributed by atoms with Crippen LogP contribution < -0.4 is 14.4 Å². The number of fused-ring (bicyclic) bond motifs is 2. The molecule has 2 aliphatic heterocycles. The van der Waals surface area contributed by atoms with Crippen LogP contribution in [0.1, 0.15) is 17.0 Å². The first-order valence-corrected chi connectivity index (χ1v) is 9.35. The van der Waals surface area contributed by atoms with Gasteiger partial charge in [-0.2, -0.15) is 9.61 Å². The number of piperazine rings is 1. The van der Waals surface area contributed by atoms with Gasteiger partial charge in [0, 0.05) is 50.6 Å². The number of hydrogen-bond donors (Lipinski definition) is 0. The molecular weight excluding hydrogens is 342 g/mol. The van der Waals surface area contributed by atoms with Gasteiger partial charge in [0.1, 0.15) is 5.82 Å². The molecule has 140 valence electrons. The fraction of sp³-hybridized carbons (Fsp3) is 0.400. The molecule has 0 spiro atoms. The van der Waals surface area contributed by atoms with E-state index in [1.807, 2.05) is 30.5 Å². The lowest BCUT2D eigenvalue weighted by Gasteiger charge is -2.36. The van der Waals surface area contributed by atoms with Crippen molar-refractivity contribution in [2.75, 3.05) is 37.9 Å². The SMILES string of the molecule is Cc1cc(N2CCN(Cc3ccc4c(c3)OCO4)CC2)n2nc(C)cc2n1. The number of benzene rings is 1. The molecule has 27 heavy (non-hydrogen) atoms.